The second-order valence-electron chi connectivity index (χ2n) is 4.54. The van der Waals surface area contributed by atoms with Gasteiger partial charge in [-0.25, -0.2) is 13.4 Å². The fourth-order valence-electron chi connectivity index (χ4n) is 1.97. The van der Waals surface area contributed by atoms with Crippen LogP contribution in [0.2, 0.25) is 0 Å². The summed E-state index contributed by atoms with van der Waals surface area (Å²) in [6, 6.07) is 14.3. The Balaban J connectivity index is 2.07. The van der Waals surface area contributed by atoms with E-state index in [4.69, 9.17) is 0 Å². The van der Waals surface area contributed by atoms with Crippen LogP contribution < -0.4 is 0 Å². The average molecular weight is 284 g/mol. The summed E-state index contributed by atoms with van der Waals surface area (Å²) in [6.07, 6.45) is 2.88. The number of nitrogens with zero attached hydrogens (tertiary/aromatic N) is 2. The Kier molecular flexibility index (Phi) is 2.99. The predicted molar refractivity (Wildman–Crippen MR) is 78.1 cm³/mol. The van der Waals surface area contributed by atoms with Crippen LogP contribution in [-0.2, 0) is 9.84 Å². The molecule has 0 aliphatic carbocycles. The van der Waals surface area contributed by atoms with Crippen molar-refractivity contribution in [3.05, 3.63) is 54.7 Å². The van der Waals surface area contributed by atoms with Crippen LogP contribution in [0.4, 0.5) is 0 Å². The second-order valence-corrected chi connectivity index (χ2v) is 6.56. The molecule has 0 fully saturated rings. The van der Waals surface area contributed by atoms with Crippen molar-refractivity contribution in [3.8, 4) is 11.3 Å². The highest BCUT2D eigenvalue weighted by Gasteiger charge is 2.08. The molecule has 3 rings (SSSR count). The van der Waals surface area contributed by atoms with Gasteiger partial charge in [0, 0.05) is 11.8 Å². The largest absolute Gasteiger partial charge is 0.252 e. The van der Waals surface area contributed by atoms with Gasteiger partial charge in [-0.2, -0.15) is 0 Å². The Morgan fingerprint density at radius 2 is 1.55 bits per heavy atom. The van der Waals surface area contributed by atoms with Crippen LogP contribution >= 0.6 is 0 Å². The first-order chi connectivity index (χ1) is 9.54. The minimum atomic E-state index is -3.17. The Morgan fingerprint density at radius 3 is 2.20 bits per heavy atom. The van der Waals surface area contributed by atoms with E-state index in [-0.39, 0.29) is 0 Å². The van der Waals surface area contributed by atoms with Gasteiger partial charge in [-0.1, -0.05) is 24.3 Å². The minimum Gasteiger partial charge on any atom is -0.252 e. The third-order valence-corrected chi connectivity index (χ3v) is 4.16. The van der Waals surface area contributed by atoms with Crippen molar-refractivity contribution in [1.29, 1.82) is 0 Å². The Labute approximate surface area is 117 Å². The molecule has 0 atom stereocenters. The van der Waals surface area contributed by atoms with Gasteiger partial charge in [-0.3, -0.25) is 4.98 Å². The fourth-order valence-corrected chi connectivity index (χ4v) is 2.60. The number of benzene rings is 2. The maximum atomic E-state index is 11.4. The number of fused-ring (bicyclic) bond motifs is 1. The molecule has 3 aromatic rings. The summed E-state index contributed by atoms with van der Waals surface area (Å²) in [5.41, 5.74) is 3.22. The highest BCUT2D eigenvalue weighted by atomic mass is 32.2. The minimum absolute atomic E-state index is 0.301. The summed E-state index contributed by atoms with van der Waals surface area (Å²) in [4.78, 5) is 9.17. The number of hydrogen-bond donors (Lipinski definition) is 0. The third-order valence-electron chi connectivity index (χ3n) is 3.03. The smallest absolute Gasteiger partial charge is 0.175 e. The molecular weight excluding hydrogens is 272 g/mol. The van der Waals surface area contributed by atoms with E-state index in [1.807, 2.05) is 24.3 Å². The van der Waals surface area contributed by atoms with E-state index in [1.165, 1.54) is 6.26 Å². The molecule has 20 heavy (non-hydrogen) atoms. The van der Waals surface area contributed by atoms with Gasteiger partial charge >= 0.3 is 0 Å². The molecular formula is C15H12N2O2S. The number of rotatable bonds is 2. The normalized spacial score (nSPS) is 11.7. The number of hydrogen-bond acceptors (Lipinski definition) is 4. The van der Waals surface area contributed by atoms with E-state index in [1.54, 1.807) is 30.5 Å². The zero-order valence-corrected chi connectivity index (χ0v) is 11.6. The highest BCUT2D eigenvalue weighted by molar-refractivity contribution is 7.90. The Morgan fingerprint density at radius 1 is 0.900 bits per heavy atom. The summed E-state index contributed by atoms with van der Waals surface area (Å²) < 4.78 is 22.9. The fraction of sp³-hybridized carbons (Fsp3) is 0.0667. The molecule has 4 nitrogen and oxygen atoms in total. The maximum absolute atomic E-state index is 11.4. The zero-order valence-electron chi connectivity index (χ0n) is 10.8. The van der Waals surface area contributed by atoms with Crippen LogP contribution in [0, 0.1) is 0 Å². The van der Waals surface area contributed by atoms with Crippen LogP contribution in [0.1, 0.15) is 0 Å². The molecule has 1 aromatic heterocycles. The maximum Gasteiger partial charge on any atom is 0.175 e. The zero-order chi connectivity index (χ0) is 14.2. The number of aromatic nitrogens is 2. The second kappa shape index (κ2) is 4.68. The van der Waals surface area contributed by atoms with Crippen LogP contribution in [0.15, 0.2) is 59.6 Å². The van der Waals surface area contributed by atoms with Crippen LogP contribution in [0.25, 0.3) is 22.3 Å². The monoisotopic (exact) mass is 284 g/mol. The van der Waals surface area contributed by atoms with Crippen LogP contribution in [0.3, 0.4) is 0 Å². The first kappa shape index (κ1) is 12.7. The molecule has 0 unspecified atom stereocenters. The van der Waals surface area contributed by atoms with E-state index in [9.17, 15) is 8.42 Å². The van der Waals surface area contributed by atoms with Gasteiger partial charge in [0.1, 0.15) is 0 Å². The van der Waals surface area contributed by atoms with E-state index in [0.29, 0.717) is 4.90 Å². The quantitative estimate of drug-likeness (QED) is 0.726. The molecule has 0 aliphatic rings. The summed E-state index contributed by atoms with van der Waals surface area (Å²) in [5, 5.41) is 0. The summed E-state index contributed by atoms with van der Waals surface area (Å²) in [7, 11) is -3.17. The molecule has 2 aromatic carbocycles. The van der Waals surface area contributed by atoms with Gasteiger partial charge in [-0.15, -0.1) is 0 Å². The molecule has 1 heterocycles. The van der Waals surface area contributed by atoms with E-state index >= 15 is 0 Å². The lowest BCUT2D eigenvalue weighted by Gasteiger charge is -2.04. The van der Waals surface area contributed by atoms with Gasteiger partial charge in [0.15, 0.2) is 9.84 Å². The van der Waals surface area contributed by atoms with Crippen LogP contribution in [0.5, 0.6) is 0 Å². The van der Waals surface area contributed by atoms with E-state index < -0.39 is 9.84 Å². The van der Waals surface area contributed by atoms with Gasteiger partial charge in [0.05, 0.1) is 27.8 Å². The van der Waals surface area contributed by atoms with Crippen molar-refractivity contribution in [2.24, 2.45) is 0 Å². The third kappa shape index (κ3) is 2.40. The number of para-hydroxylation sites is 2. The molecule has 5 heteroatoms. The average Bonchev–Trinajstić information content (AvgIpc) is 2.46. The van der Waals surface area contributed by atoms with Crippen molar-refractivity contribution in [2.45, 2.75) is 4.90 Å². The van der Waals surface area contributed by atoms with Crippen molar-refractivity contribution in [1.82, 2.24) is 9.97 Å². The van der Waals surface area contributed by atoms with Gasteiger partial charge in [0.2, 0.25) is 0 Å². The molecule has 0 spiro atoms. The lowest BCUT2D eigenvalue weighted by molar-refractivity contribution is 0.602. The Bertz CT molecular complexity index is 872. The molecule has 0 radical (unpaired) electrons. The molecule has 0 saturated heterocycles. The van der Waals surface area contributed by atoms with Gasteiger partial charge in [0.25, 0.3) is 0 Å². The van der Waals surface area contributed by atoms with Crippen molar-refractivity contribution >= 4 is 20.9 Å². The molecule has 0 aliphatic heterocycles. The summed E-state index contributed by atoms with van der Waals surface area (Å²) >= 11 is 0. The van der Waals surface area contributed by atoms with Gasteiger partial charge in [-0.05, 0) is 24.3 Å². The summed E-state index contributed by atoms with van der Waals surface area (Å²) in [5.74, 6) is 0. The van der Waals surface area contributed by atoms with E-state index in [2.05, 4.69) is 9.97 Å². The topological polar surface area (TPSA) is 59.9 Å². The molecule has 0 N–H and O–H groups in total. The first-order valence-electron chi connectivity index (χ1n) is 6.06. The summed E-state index contributed by atoms with van der Waals surface area (Å²) in [6.45, 7) is 0. The van der Waals surface area contributed by atoms with Crippen LogP contribution in [-0.4, -0.2) is 24.6 Å². The molecule has 0 bridgehead atoms. The molecule has 0 amide bonds. The van der Waals surface area contributed by atoms with Crippen molar-refractivity contribution < 1.29 is 8.42 Å². The molecule has 0 saturated carbocycles. The number of sulfone groups is 1. The molecule has 100 valence electrons. The van der Waals surface area contributed by atoms with Gasteiger partial charge < -0.3 is 0 Å². The Hall–Kier alpha value is -2.27. The lowest BCUT2D eigenvalue weighted by Crippen LogP contribution is -1.96. The predicted octanol–water partition coefficient (Wildman–Crippen LogP) is 2.70. The lowest BCUT2D eigenvalue weighted by atomic mass is 10.1. The van der Waals surface area contributed by atoms with E-state index in [0.717, 1.165) is 22.3 Å². The first-order valence-corrected chi connectivity index (χ1v) is 7.95. The van der Waals surface area contributed by atoms with Crippen molar-refractivity contribution in [3.63, 3.8) is 0 Å². The standard InChI is InChI=1S/C15H12N2O2S/c1-20(18,19)12-8-6-11(7-9-12)15-10-16-13-4-2-3-5-14(13)17-15/h2-10H,1H3. The SMILES string of the molecule is CS(=O)(=O)c1ccc(-c2cnc3ccccc3n2)cc1. The highest BCUT2D eigenvalue weighted by Crippen LogP contribution is 2.21. The van der Waals surface area contributed by atoms with Crippen molar-refractivity contribution in [2.75, 3.05) is 6.26 Å².